The molecule has 0 radical (unpaired) electrons. The van der Waals surface area contributed by atoms with Crippen molar-refractivity contribution in [2.24, 2.45) is 5.92 Å². The highest BCUT2D eigenvalue weighted by Crippen LogP contribution is 2.19. The Labute approximate surface area is 148 Å². The van der Waals surface area contributed by atoms with Gasteiger partial charge in [0.25, 0.3) is 0 Å². The molecule has 2 aromatic rings. The van der Waals surface area contributed by atoms with Crippen LogP contribution in [0.1, 0.15) is 17.5 Å². The molecule has 1 aromatic heterocycles. The number of likely N-dealkylation sites (tertiary alicyclic amines) is 1. The van der Waals surface area contributed by atoms with Crippen molar-refractivity contribution < 1.29 is 9.90 Å². The molecule has 1 aliphatic heterocycles. The number of rotatable bonds is 6. The summed E-state index contributed by atoms with van der Waals surface area (Å²) in [6, 6.07) is 14.1. The Bertz CT molecular complexity index is 663. The van der Waals surface area contributed by atoms with Crippen LogP contribution in [-0.2, 0) is 17.8 Å². The standard InChI is InChI=1S/C20H25N3O2/c24-15-18-8-10-23(13-16-5-2-1-3-6-16)14-19(18)22-20(25)11-17-7-4-9-21-12-17/h1-7,9,12,18-19,24H,8,10-11,13-15H2,(H,22,25)/t18-,19+/m1/s1. The summed E-state index contributed by atoms with van der Waals surface area (Å²) in [5.74, 6) is 0.0999. The molecule has 0 unspecified atom stereocenters. The van der Waals surface area contributed by atoms with Crippen LogP contribution in [0.2, 0.25) is 0 Å². The number of hydrogen-bond acceptors (Lipinski definition) is 4. The van der Waals surface area contributed by atoms with Crippen molar-refractivity contribution in [1.82, 2.24) is 15.2 Å². The van der Waals surface area contributed by atoms with Gasteiger partial charge in [0.05, 0.1) is 6.42 Å². The van der Waals surface area contributed by atoms with Gasteiger partial charge in [-0.05, 0) is 30.2 Å². The summed E-state index contributed by atoms with van der Waals surface area (Å²) in [7, 11) is 0. The number of piperidine rings is 1. The van der Waals surface area contributed by atoms with E-state index in [0.29, 0.717) is 6.42 Å². The molecular formula is C20H25N3O2. The van der Waals surface area contributed by atoms with E-state index >= 15 is 0 Å². The highest BCUT2D eigenvalue weighted by atomic mass is 16.3. The normalized spacial score (nSPS) is 21.0. The van der Waals surface area contributed by atoms with Gasteiger partial charge in [0.15, 0.2) is 0 Å². The van der Waals surface area contributed by atoms with Crippen molar-refractivity contribution in [2.75, 3.05) is 19.7 Å². The summed E-state index contributed by atoms with van der Waals surface area (Å²) >= 11 is 0. The number of pyridine rings is 1. The van der Waals surface area contributed by atoms with Crippen molar-refractivity contribution in [3.05, 3.63) is 66.0 Å². The van der Waals surface area contributed by atoms with E-state index in [1.807, 2.05) is 30.3 Å². The predicted octanol–water partition coefficient (Wildman–Crippen LogP) is 1.62. The number of aliphatic hydroxyl groups excluding tert-OH is 1. The molecule has 5 heteroatoms. The van der Waals surface area contributed by atoms with Gasteiger partial charge < -0.3 is 10.4 Å². The lowest BCUT2D eigenvalue weighted by Crippen LogP contribution is -2.53. The third-order valence-electron chi connectivity index (χ3n) is 4.76. The second kappa shape index (κ2) is 8.74. The van der Waals surface area contributed by atoms with Gasteiger partial charge in [-0.2, -0.15) is 0 Å². The van der Waals surface area contributed by atoms with Gasteiger partial charge in [-0.3, -0.25) is 14.7 Å². The molecule has 0 saturated carbocycles. The smallest absolute Gasteiger partial charge is 0.224 e. The molecule has 5 nitrogen and oxygen atoms in total. The van der Waals surface area contributed by atoms with E-state index in [2.05, 4.69) is 27.3 Å². The van der Waals surface area contributed by atoms with Gasteiger partial charge in [-0.1, -0.05) is 36.4 Å². The van der Waals surface area contributed by atoms with Gasteiger partial charge in [0.1, 0.15) is 0 Å². The monoisotopic (exact) mass is 339 g/mol. The minimum Gasteiger partial charge on any atom is -0.396 e. The van der Waals surface area contributed by atoms with Crippen LogP contribution in [0.5, 0.6) is 0 Å². The molecule has 1 saturated heterocycles. The largest absolute Gasteiger partial charge is 0.396 e. The first-order valence-corrected chi connectivity index (χ1v) is 8.80. The second-order valence-corrected chi connectivity index (χ2v) is 6.66. The fourth-order valence-corrected chi connectivity index (χ4v) is 3.38. The number of carbonyl (C=O) groups excluding carboxylic acids is 1. The lowest BCUT2D eigenvalue weighted by Gasteiger charge is -2.38. The molecular weight excluding hydrogens is 314 g/mol. The summed E-state index contributed by atoms with van der Waals surface area (Å²) in [5, 5.41) is 12.8. The van der Waals surface area contributed by atoms with Crippen LogP contribution in [0.25, 0.3) is 0 Å². The third-order valence-corrected chi connectivity index (χ3v) is 4.76. The Balaban J connectivity index is 1.58. The summed E-state index contributed by atoms with van der Waals surface area (Å²) in [6.07, 6.45) is 4.62. The number of nitrogens with zero attached hydrogens (tertiary/aromatic N) is 2. The molecule has 132 valence electrons. The molecule has 0 aliphatic carbocycles. The molecule has 1 amide bonds. The lowest BCUT2D eigenvalue weighted by molar-refractivity contribution is -0.122. The van der Waals surface area contributed by atoms with Crippen molar-refractivity contribution in [2.45, 2.75) is 25.4 Å². The van der Waals surface area contributed by atoms with E-state index in [0.717, 1.165) is 31.6 Å². The zero-order chi connectivity index (χ0) is 17.5. The van der Waals surface area contributed by atoms with Gasteiger partial charge in [0, 0.05) is 44.0 Å². The van der Waals surface area contributed by atoms with E-state index in [-0.39, 0.29) is 24.5 Å². The summed E-state index contributed by atoms with van der Waals surface area (Å²) in [4.78, 5) is 18.8. The minimum atomic E-state index is -0.0216. The first-order chi connectivity index (χ1) is 12.2. The van der Waals surface area contributed by atoms with E-state index in [9.17, 15) is 9.90 Å². The van der Waals surface area contributed by atoms with Crippen LogP contribution >= 0.6 is 0 Å². The van der Waals surface area contributed by atoms with Crippen molar-refractivity contribution in [3.63, 3.8) is 0 Å². The van der Waals surface area contributed by atoms with Gasteiger partial charge in [0.2, 0.25) is 5.91 Å². The zero-order valence-corrected chi connectivity index (χ0v) is 14.3. The molecule has 1 aliphatic rings. The molecule has 0 bridgehead atoms. The number of benzene rings is 1. The minimum absolute atomic E-state index is 0.0157. The maximum absolute atomic E-state index is 12.4. The second-order valence-electron chi connectivity index (χ2n) is 6.66. The Morgan fingerprint density at radius 2 is 2.00 bits per heavy atom. The average molecular weight is 339 g/mol. The van der Waals surface area contributed by atoms with Gasteiger partial charge in [-0.25, -0.2) is 0 Å². The highest BCUT2D eigenvalue weighted by Gasteiger charge is 2.29. The summed E-state index contributed by atoms with van der Waals surface area (Å²) in [6.45, 7) is 2.68. The SMILES string of the molecule is O=C(Cc1cccnc1)N[C@H]1CN(Cc2ccccc2)CC[C@@H]1CO. The quantitative estimate of drug-likeness (QED) is 0.839. The number of aliphatic hydroxyl groups is 1. The fourth-order valence-electron chi connectivity index (χ4n) is 3.38. The van der Waals surface area contributed by atoms with Crippen LogP contribution in [0.3, 0.4) is 0 Å². The fraction of sp³-hybridized carbons (Fsp3) is 0.400. The lowest BCUT2D eigenvalue weighted by atomic mass is 9.91. The molecule has 1 fully saturated rings. The number of carbonyl (C=O) groups is 1. The van der Waals surface area contributed by atoms with Crippen molar-refractivity contribution >= 4 is 5.91 Å². The van der Waals surface area contributed by atoms with Crippen LogP contribution < -0.4 is 5.32 Å². The highest BCUT2D eigenvalue weighted by molar-refractivity contribution is 5.78. The molecule has 2 heterocycles. The molecule has 2 atom stereocenters. The van der Waals surface area contributed by atoms with Crippen molar-refractivity contribution in [3.8, 4) is 0 Å². The van der Waals surface area contributed by atoms with Crippen LogP contribution in [0.15, 0.2) is 54.9 Å². The summed E-state index contributed by atoms with van der Waals surface area (Å²) in [5.41, 5.74) is 2.17. The van der Waals surface area contributed by atoms with Crippen LogP contribution in [0.4, 0.5) is 0 Å². The predicted molar refractivity (Wildman–Crippen MR) is 96.8 cm³/mol. The first kappa shape index (κ1) is 17.6. The maximum Gasteiger partial charge on any atom is 0.224 e. The van der Waals surface area contributed by atoms with Crippen LogP contribution in [0, 0.1) is 5.92 Å². The first-order valence-electron chi connectivity index (χ1n) is 8.80. The topological polar surface area (TPSA) is 65.5 Å². The van der Waals surface area contributed by atoms with E-state index in [4.69, 9.17) is 0 Å². The van der Waals surface area contributed by atoms with Gasteiger partial charge >= 0.3 is 0 Å². The number of amides is 1. The van der Waals surface area contributed by atoms with E-state index in [1.54, 1.807) is 12.4 Å². The number of aromatic nitrogens is 1. The molecule has 1 aromatic carbocycles. The maximum atomic E-state index is 12.4. The number of nitrogens with one attached hydrogen (secondary N) is 1. The zero-order valence-electron chi connectivity index (χ0n) is 14.3. The Hall–Kier alpha value is -2.24. The summed E-state index contributed by atoms with van der Waals surface area (Å²) < 4.78 is 0. The molecule has 0 spiro atoms. The van der Waals surface area contributed by atoms with Crippen molar-refractivity contribution in [1.29, 1.82) is 0 Å². The Morgan fingerprint density at radius 3 is 2.72 bits per heavy atom. The van der Waals surface area contributed by atoms with E-state index < -0.39 is 0 Å². The molecule has 2 N–H and O–H groups in total. The van der Waals surface area contributed by atoms with E-state index in [1.165, 1.54) is 5.56 Å². The number of hydrogen-bond donors (Lipinski definition) is 2. The average Bonchev–Trinajstić information content (AvgIpc) is 2.63. The van der Waals surface area contributed by atoms with Crippen LogP contribution in [-0.4, -0.2) is 46.6 Å². The Morgan fingerprint density at radius 1 is 1.20 bits per heavy atom. The third kappa shape index (κ3) is 5.11. The molecule has 3 rings (SSSR count). The van der Waals surface area contributed by atoms with Gasteiger partial charge in [-0.15, -0.1) is 0 Å². The molecule has 25 heavy (non-hydrogen) atoms. The Kier molecular flexibility index (Phi) is 6.14.